The summed E-state index contributed by atoms with van der Waals surface area (Å²) in [5.41, 5.74) is 15.8. The van der Waals surface area contributed by atoms with Gasteiger partial charge in [-0.05, 0) is 37.6 Å². The van der Waals surface area contributed by atoms with E-state index in [0.717, 1.165) is 0 Å². The Balaban J connectivity index is 5.52. The van der Waals surface area contributed by atoms with Gasteiger partial charge in [0.1, 0.15) is 24.2 Å². The normalized spacial score (nSPS) is 14.4. The second-order valence-corrected chi connectivity index (χ2v) is 9.13. The van der Waals surface area contributed by atoms with Crippen LogP contribution in [0.4, 0.5) is 0 Å². The molecule has 13 nitrogen and oxygen atoms in total. The van der Waals surface area contributed by atoms with Crippen molar-refractivity contribution in [2.45, 2.75) is 84.5 Å². The smallest absolute Gasteiger partial charge is 0.243 e. The highest BCUT2D eigenvalue weighted by atomic mass is 16.2. The van der Waals surface area contributed by atoms with Gasteiger partial charge in [0.05, 0.1) is 6.42 Å². The Morgan fingerprint density at radius 2 is 1.17 bits per heavy atom. The van der Waals surface area contributed by atoms with E-state index in [2.05, 4.69) is 21.3 Å². The summed E-state index contributed by atoms with van der Waals surface area (Å²) in [5.74, 6) is -4.83. The van der Waals surface area contributed by atoms with E-state index in [1.54, 1.807) is 27.7 Å². The van der Waals surface area contributed by atoms with Gasteiger partial charge in [-0.1, -0.05) is 27.7 Å². The zero-order valence-corrected chi connectivity index (χ0v) is 21.2. The first-order valence-corrected chi connectivity index (χ1v) is 11.7. The molecule has 0 heterocycles. The monoisotopic (exact) mass is 499 g/mol. The number of amides is 6. The summed E-state index contributed by atoms with van der Waals surface area (Å²) in [6.45, 7) is 8.51. The van der Waals surface area contributed by atoms with E-state index in [9.17, 15) is 28.8 Å². The van der Waals surface area contributed by atoms with Gasteiger partial charge in [-0.25, -0.2) is 0 Å². The summed E-state index contributed by atoms with van der Waals surface area (Å²) in [6.07, 6.45) is 1.14. The molecule has 0 rings (SSSR count). The van der Waals surface area contributed by atoms with E-state index in [1.165, 1.54) is 6.92 Å². The van der Waals surface area contributed by atoms with Gasteiger partial charge in [0.25, 0.3) is 0 Å². The molecule has 0 aromatic carbocycles. The van der Waals surface area contributed by atoms with Crippen molar-refractivity contribution in [1.82, 2.24) is 21.3 Å². The molecule has 6 amide bonds. The van der Waals surface area contributed by atoms with Gasteiger partial charge in [-0.2, -0.15) is 0 Å². The maximum atomic E-state index is 13.1. The highest BCUT2D eigenvalue weighted by molar-refractivity contribution is 5.96. The van der Waals surface area contributed by atoms with Gasteiger partial charge >= 0.3 is 0 Å². The molecule has 0 saturated heterocycles. The number of hydrogen-bond donors (Lipinski definition) is 7. The second-order valence-electron chi connectivity index (χ2n) is 9.13. The minimum atomic E-state index is -1.33. The standard InChI is InChI=1S/C22H41N7O6/c1-11(2)17(21(34)27-15(19(25)32)10-16(24)31)29-22(35)18(12(3)4)28-20(33)14(26-13(5)30)8-6-7-9-23/h11-12,14-15,17-18H,6-10,23H2,1-5H3,(H2,24,31)(H2,25,32)(H,26,30)(H,27,34)(H,28,33)(H,29,35)/t14-,15-,17-,18-/m1/s1. The molecule has 0 aromatic rings. The number of primary amides is 2. The molecule has 0 saturated carbocycles. The van der Waals surface area contributed by atoms with Crippen LogP contribution in [0, 0.1) is 11.8 Å². The number of unbranched alkanes of at least 4 members (excludes halogenated alkanes) is 1. The van der Waals surface area contributed by atoms with E-state index in [0.29, 0.717) is 25.8 Å². The first-order chi connectivity index (χ1) is 16.2. The van der Waals surface area contributed by atoms with Crippen LogP contribution >= 0.6 is 0 Å². The quantitative estimate of drug-likeness (QED) is 0.115. The molecule has 0 aliphatic heterocycles. The number of carbonyl (C=O) groups is 6. The fourth-order valence-electron chi connectivity index (χ4n) is 3.26. The number of hydrogen-bond acceptors (Lipinski definition) is 7. The summed E-state index contributed by atoms with van der Waals surface area (Å²) >= 11 is 0. The van der Waals surface area contributed by atoms with Crippen LogP contribution in [-0.4, -0.2) is 66.2 Å². The number of rotatable bonds is 16. The molecular formula is C22H41N7O6. The molecule has 0 fully saturated rings. The molecule has 0 spiro atoms. The van der Waals surface area contributed by atoms with Crippen molar-refractivity contribution in [3.63, 3.8) is 0 Å². The van der Waals surface area contributed by atoms with Crippen molar-refractivity contribution in [1.29, 1.82) is 0 Å². The summed E-state index contributed by atoms with van der Waals surface area (Å²) < 4.78 is 0. The first kappa shape index (κ1) is 31.8. The number of carbonyl (C=O) groups excluding carboxylic acids is 6. The molecule has 0 aliphatic rings. The van der Waals surface area contributed by atoms with Crippen molar-refractivity contribution >= 4 is 35.4 Å². The van der Waals surface area contributed by atoms with Crippen molar-refractivity contribution in [3.8, 4) is 0 Å². The predicted molar refractivity (Wildman–Crippen MR) is 129 cm³/mol. The molecule has 0 radical (unpaired) electrons. The lowest BCUT2D eigenvalue weighted by molar-refractivity contribution is -0.136. The van der Waals surface area contributed by atoms with Crippen LogP contribution in [0.1, 0.15) is 60.3 Å². The molecule has 200 valence electrons. The van der Waals surface area contributed by atoms with E-state index in [1.807, 2.05) is 0 Å². The summed E-state index contributed by atoms with van der Waals surface area (Å²) in [6, 6.07) is -4.28. The Morgan fingerprint density at radius 3 is 1.57 bits per heavy atom. The Bertz CT molecular complexity index is 771. The van der Waals surface area contributed by atoms with Crippen LogP contribution in [-0.2, 0) is 28.8 Å². The maximum Gasteiger partial charge on any atom is 0.243 e. The lowest BCUT2D eigenvalue weighted by Crippen LogP contribution is -2.60. The maximum absolute atomic E-state index is 13.1. The minimum absolute atomic E-state index is 0.348. The SMILES string of the molecule is CC(=O)N[C@H](CCCCN)C(=O)N[C@@H](C(=O)N[C@@H](C(=O)N[C@H](CC(N)=O)C(N)=O)C(C)C)C(C)C. The average Bonchev–Trinajstić information content (AvgIpc) is 2.73. The molecular weight excluding hydrogens is 458 g/mol. The van der Waals surface area contributed by atoms with Gasteiger partial charge in [-0.15, -0.1) is 0 Å². The topological polar surface area (TPSA) is 229 Å². The van der Waals surface area contributed by atoms with E-state index >= 15 is 0 Å². The second kappa shape index (κ2) is 15.6. The van der Waals surface area contributed by atoms with E-state index in [4.69, 9.17) is 17.2 Å². The van der Waals surface area contributed by atoms with Crippen molar-refractivity contribution in [2.75, 3.05) is 6.54 Å². The Kier molecular flexibility index (Phi) is 14.2. The first-order valence-electron chi connectivity index (χ1n) is 11.7. The Labute approximate surface area is 206 Å². The van der Waals surface area contributed by atoms with Crippen LogP contribution in [0.3, 0.4) is 0 Å². The van der Waals surface area contributed by atoms with Gasteiger partial charge in [0.15, 0.2) is 0 Å². The molecule has 35 heavy (non-hydrogen) atoms. The molecule has 4 atom stereocenters. The lowest BCUT2D eigenvalue weighted by Gasteiger charge is -2.29. The lowest BCUT2D eigenvalue weighted by atomic mass is 9.98. The zero-order chi connectivity index (χ0) is 27.3. The molecule has 10 N–H and O–H groups in total. The van der Waals surface area contributed by atoms with Crippen molar-refractivity contribution in [2.24, 2.45) is 29.0 Å². The van der Waals surface area contributed by atoms with E-state index in [-0.39, 0.29) is 11.8 Å². The van der Waals surface area contributed by atoms with Gasteiger partial charge in [-0.3, -0.25) is 28.8 Å². The van der Waals surface area contributed by atoms with E-state index < -0.39 is 66.0 Å². The minimum Gasteiger partial charge on any atom is -0.370 e. The third kappa shape index (κ3) is 12.2. The average molecular weight is 500 g/mol. The van der Waals surface area contributed by atoms with Gasteiger partial charge in [0, 0.05) is 6.92 Å². The molecule has 0 bridgehead atoms. The molecule has 0 aromatic heterocycles. The highest BCUT2D eigenvalue weighted by Gasteiger charge is 2.33. The van der Waals surface area contributed by atoms with Crippen LogP contribution in [0.15, 0.2) is 0 Å². The molecule has 13 heteroatoms. The molecule has 0 unspecified atom stereocenters. The van der Waals surface area contributed by atoms with Crippen LogP contribution < -0.4 is 38.5 Å². The largest absolute Gasteiger partial charge is 0.370 e. The third-order valence-electron chi connectivity index (χ3n) is 5.20. The van der Waals surface area contributed by atoms with Gasteiger partial charge in [0.2, 0.25) is 35.4 Å². The zero-order valence-electron chi connectivity index (χ0n) is 21.2. The predicted octanol–water partition coefficient (Wildman–Crippen LogP) is -2.25. The number of nitrogens with one attached hydrogen (secondary N) is 4. The summed E-state index contributed by atoms with van der Waals surface area (Å²) in [5, 5.41) is 10.2. The van der Waals surface area contributed by atoms with Crippen LogP contribution in [0.25, 0.3) is 0 Å². The third-order valence-corrected chi connectivity index (χ3v) is 5.20. The fraction of sp³-hybridized carbons (Fsp3) is 0.727. The van der Waals surface area contributed by atoms with Crippen molar-refractivity contribution in [3.05, 3.63) is 0 Å². The Hall–Kier alpha value is -3.22. The van der Waals surface area contributed by atoms with Crippen LogP contribution in [0.5, 0.6) is 0 Å². The number of nitrogens with two attached hydrogens (primary N) is 3. The highest BCUT2D eigenvalue weighted by Crippen LogP contribution is 2.09. The fourth-order valence-corrected chi connectivity index (χ4v) is 3.26. The summed E-state index contributed by atoms with van der Waals surface area (Å²) in [7, 11) is 0. The van der Waals surface area contributed by atoms with Gasteiger partial charge < -0.3 is 38.5 Å². The summed E-state index contributed by atoms with van der Waals surface area (Å²) in [4.78, 5) is 73.0. The van der Waals surface area contributed by atoms with Crippen molar-refractivity contribution < 1.29 is 28.8 Å². The van der Waals surface area contributed by atoms with Crippen LogP contribution in [0.2, 0.25) is 0 Å². The molecule has 0 aliphatic carbocycles. The Morgan fingerprint density at radius 1 is 0.686 bits per heavy atom.